The van der Waals surface area contributed by atoms with E-state index in [1.165, 1.54) is 6.07 Å². The fourth-order valence-corrected chi connectivity index (χ4v) is 1.65. The van der Waals surface area contributed by atoms with Gasteiger partial charge in [0.05, 0.1) is 19.2 Å². The summed E-state index contributed by atoms with van der Waals surface area (Å²) in [6, 6.07) is 8.57. The highest BCUT2D eigenvalue weighted by molar-refractivity contribution is 5.71. The highest BCUT2D eigenvalue weighted by Crippen LogP contribution is 2.20. The van der Waals surface area contributed by atoms with Gasteiger partial charge in [-0.2, -0.15) is 5.10 Å². The van der Waals surface area contributed by atoms with Gasteiger partial charge in [-0.1, -0.05) is 0 Å². The number of carbonyl (C=O) groups is 1. The number of carboxylic acids is 1. The molecule has 6 heteroatoms. The third kappa shape index (κ3) is 2.98. The monoisotopic (exact) mass is 260 g/mol. The first-order chi connectivity index (χ1) is 9.10. The second-order valence-electron chi connectivity index (χ2n) is 3.91. The summed E-state index contributed by atoms with van der Waals surface area (Å²) in [5, 5.41) is 14.9. The Kier molecular flexibility index (Phi) is 3.61. The van der Waals surface area contributed by atoms with E-state index < -0.39 is 11.5 Å². The molecule has 0 aliphatic carbocycles. The van der Waals surface area contributed by atoms with Crippen LogP contribution < -0.4 is 10.3 Å². The number of rotatable bonds is 4. The Labute approximate surface area is 108 Å². The molecule has 2 aromatic rings. The van der Waals surface area contributed by atoms with Crippen LogP contribution in [0, 0.1) is 0 Å². The first kappa shape index (κ1) is 12.8. The van der Waals surface area contributed by atoms with E-state index in [4.69, 9.17) is 9.84 Å². The van der Waals surface area contributed by atoms with Crippen molar-refractivity contribution in [1.29, 1.82) is 0 Å². The maximum absolute atomic E-state index is 11.4. The number of methoxy groups -OCH3 is 1. The molecule has 2 rings (SSSR count). The smallest absolute Gasteiger partial charge is 0.308 e. The lowest BCUT2D eigenvalue weighted by Crippen LogP contribution is -2.17. The van der Waals surface area contributed by atoms with Crippen molar-refractivity contribution in [2.45, 2.75) is 6.42 Å². The van der Waals surface area contributed by atoms with Crippen LogP contribution in [0.5, 0.6) is 5.75 Å². The first-order valence-electron chi connectivity index (χ1n) is 5.55. The van der Waals surface area contributed by atoms with Crippen molar-refractivity contribution < 1.29 is 14.6 Å². The second-order valence-corrected chi connectivity index (χ2v) is 3.91. The predicted molar refractivity (Wildman–Crippen MR) is 68.2 cm³/mol. The van der Waals surface area contributed by atoms with Gasteiger partial charge in [0.25, 0.3) is 5.56 Å². The Balaban J connectivity index is 2.39. The van der Waals surface area contributed by atoms with Crippen LogP contribution in [0.4, 0.5) is 0 Å². The normalized spacial score (nSPS) is 10.2. The molecule has 19 heavy (non-hydrogen) atoms. The Morgan fingerprint density at radius 2 is 2.05 bits per heavy atom. The van der Waals surface area contributed by atoms with Gasteiger partial charge in [-0.05, 0) is 30.3 Å². The quantitative estimate of drug-likeness (QED) is 0.857. The topological polar surface area (TPSA) is 92.3 Å². The number of nitrogens with zero attached hydrogens (tertiary/aromatic N) is 1. The Bertz CT molecular complexity index is 646. The number of aromatic amines is 1. The fraction of sp³-hybridized carbons (Fsp3) is 0.154. The van der Waals surface area contributed by atoms with Crippen LogP contribution in [-0.2, 0) is 11.2 Å². The van der Waals surface area contributed by atoms with E-state index in [-0.39, 0.29) is 12.0 Å². The molecule has 0 amide bonds. The van der Waals surface area contributed by atoms with Gasteiger partial charge in [-0.25, -0.2) is 5.10 Å². The zero-order valence-electron chi connectivity index (χ0n) is 10.2. The summed E-state index contributed by atoms with van der Waals surface area (Å²) in [5.74, 6) is -0.351. The molecule has 0 aliphatic heterocycles. The highest BCUT2D eigenvalue weighted by Gasteiger charge is 2.09. The Morgan fingerprint density at radius 3 is 2.63 bits per heavy atom. The van der Waals surface area contributed by atoms with Gasteiger partial charge in [-0.15, -0.1) is 0 Å². The summed E-state index contributed by atoms with van der Waals surface area (Å²) < 4.78 is 5.04. The molecule has 0 unspecified atom stereocenters. The predicted octanol–water partition coefficient (Wildman–Crippen LogP) is 1.07. The number of hydrogen-bond donors (Lipinski definition) is 2. The van der Waals surface area contributed by atoms with Crippen molar-refractivity contribution in [3.63, 3.8) is 0 Å². The minimum Gasteiger partial charge on any atom is -0.497 e. The van der Waals surface area contributed by atoms with E-state index in [9.17, 15) is 9.59 Å². The van der Waals surface area contributed by atoms with Crippen LogP contribution in [0.25, 0.3) is 11.3 Å². The van der Waals surface area contributed by atoms with Crippen LogP contribution in [0.15, 0.2) is 35.1 Å². The molecule has 1 aromatic carbocycles. The van der Waals surface area contributed by atoms with E-state index in [0.29, 0.717) is 11.4 Å². The summed E-state index contributed by atoms with van der Waals surface area (Å²) in [5.41, 5.74) is 0.968. The van der Waals surface area contributed by atoms with Crippen LogP contribution >= 0.6 is 0 Å². The average Bonchev–Trinajstić information content (AvgIpc) is 2.41. The molecule has 0 radical (unpaired) electrons. The Hall–Kier alpha value is -2.63. The molecule has 6 nitrogen and oxygen atoms in total. The van der Waals surface area contributed by atoms with E-state index in [1.54, 1.807) is 31.4 Å². The van der Waals surface area contributed by atoms with E-state index in [2.05, 4.69) is 10.2 Å². The minimum absolute atomic E-state index is 0.174. The average molecular weight is 260 g/mol. The van der Waals surface area contributed by atoms with Gasteiger partial charge < -0.3 is 9.84 Å². The lowest BCUT2D eigenvalue weighted by atomic mass is 10.1. The summed E-state index contributed by atoms with van der Waals surface area (Å²) >= 11 is 0. The summed E-state index contributed by atoms with van der Waals surface area (Å²) in [6.07, 6.45) is -0.332. The molecule has 1 heterocycles. The van der Waals surface area contributed by atoms with Crippen LogP contribution in [-0.4, -0.2) is 28.4 Å². The number of aromatic nitrogens is 2. The molecule has 98 valence electrons. The number of benzene rings is 1. The Morgan fingerprint density at radius 1 is 1.37 bits per heavy atom. The van der Waals surface area contributed by atoms with Gasteiger partial charge in [0.1, 0.15) is 5.75 Å². The van der Waals surface area contributed by atoms with Gasteiger partial charge >= 0.3 is 5.97 Å². The van der Waals surface area contributed by atoms with E-state index >= 15 is 0 Å². The van der Waals surface area contributed by atoms with Gasteiger partial charge in [0.15, 0.2) is 0 Å². The SMILES string of the molecule is COc1ccc(-c2cc(CC(=O)O)c(=O)[nH]n2)cc1. The molecule has 0 fully saturated rings. The van der Waals surface area contributed by atoms with Crippen LogP contribution in [0.3, 0.4) is 0 Å². The number of hydrogen-bond acceptors (Lipinski definition) is 4. The van der Waals surface area contributed by atoms with E-state index in [0.717, 1.165) is 5.56 Å². The van der Waals surface area contributed by atoms with Crippen LogP contribution in [0.1, 0.15) is 5.56 Å². The minimum atomic E-state index is -1.06. The van der Waals surface area contributed by atoms with Crippen molar-refractivity contribution in [2.24, 2.45) is 0 Å². The summed E-state index contributed by atoms with van der Waals surface area (Å²) in [4.78, 5) is 22.1. The third-order valence-electron chi connectivity index (χ3n) is 2.61. The van der Waals surface area contributed by atoms with Crippen LogP contribution in [0.2, 0.25) is 0 Å². The molecule has 0 bridgehead atoms. The molecule has 0 spiro atoms. The molecular weight excluding hydrogens is 248 g/mol. The zero-order valence-corrected chi connectivity index (χ0v) is 10.2. The molecule has 0 atom stereocenters. The van der Waals surface area contributed by atoms with Crippen molar-refractivity contribution in [3.8, 4) is 17.0 Å². The lowest BCUT2D eigenvalue weighted by Gasteiger charge is -2.04. The molecule has 0 aliphatic rings. The lowest BCUT2D eigenvalue weighted by molar-refractivity contribution is -0.136. The first-order valence-corrected chi connectivity index (χ1v) is 5.55. The molecule has 0 saturated carbocycles. The standard InChI is InChI=1S/C13H12N2O4/c1-19-10-4-2-8(3-5-10)11-6-9(7-12(16)17)13(18)15-14-11/h2-6H,7H2,1H3,(H,15,18)(H,16,17). The summed E-state index contributed by atoms with van der Waals surface area (Å²) in [6.45, 7) is 0. The zero-order chi connectivity index (χ0) is 13.8. The van der Waals surface area contributed by atoms with Crippen molar-refractivity contribution in [1.82, 2.24) is 10.2 Å². The second kappa shape index (κ2) is 5.34. The molecule has 0 saturated heterocycles. The number of H-pyrrole nitrogens is 1. The maximum atomic E-state index is 11.4. The number of nitrogens with one attached hydrogen (secondary N) is 1. The molecular formula is C13H12N2O4. The van der Waals surface area contributed by atoms with Gasteiger partial charge in [0, 0.05) is 11.1 Å². The highest BCUT2D eigenvalue weighted by atomic mass is 16.5. The number of aliphatic carboxylic acids is 1. The van der Waals surface area contributed by atoms with Crippen molar-refractivity contribution >= 4 is 5.97 Å². The summed E-state index contributed by atoms with van der Waals surface area (Å²) in [7, 11) is 1.57. The largest absolute Gasteiger partial charge is 0.497 e. The number of ether oxygens (including phenoxy) is 1. The van der Waals surface area contributed by atoms with Crippen molar-refractivity contribution in [3.05, 3.63) is 46.2 Å². The maximum Gasteiger partial charge on any atom is 0.308 e. The molecule has 1 aromatic heterocycles. The number of carboxylic acid groups (broad SMARTS) is 1. The van der Waals surface area contributed by atoms with E-state index in [1.807, 2.05) is 0 Å². The van der Waals surface area contributed by atoms with Crippen molar-refractivity contribution in [2.75, 3.05) is 7.11 Å². The third-order valence-corrected chi connectivity index (χ3v) is 2.61. The fourth-order valence-electron chi connectivity index (χ4n) is 1.65. The molecule has 2 N–H and O–H groups in total. The van der Waals surface area contributed by atoms with Gasteiger partial charge in [0.2, 0.25) is 0 Å². The van der Waals surface area contributed by atoms with Gasteiger partial charge in [-0.3, -0.25) is 9.59 Å².